The number of hydrogen-bond donors (Lipinski definition) is 10. The van der Waals surface area contributed by atoms with Crippen molar-refractivity contribution in [2.45, 2.75) is 112 Å². The lowest BCUT2D eigenvalue weighted by Crippen LogP contribution is -2.68. The summed E-state index contributed by atoms with van der Waals surface area (Å²) in [7, 11) is 0. The molecule has 0 radical (unpaired) electrons. The number of hydrogen-bond acceptors (Lipinski definition) is 16. The standard InChI is InChI=1S/C23H41NO16/c1-3-4-35-21-12(24-8(2)28)15(31)19(11(7-27)38-21)39-23-18(34)20(14(30)10(6-26)37-23)40-22-17(33)16(32)13(29)9(5-25)36-22/h9-23,25-27,29-34H,3-7H2,1-2H3,(H,24,28)/t9?,10?,11?,12?,13-,14-,15+,16-,17?,18?,19+,20-,21+,22+,23-/m0/s1. The van der Waals surface area contributed by atoms with Crippen molar-refractivity contribution in [2.75, 3.05) is 26.4 Å². The predicted molar refractivity (Wildman–Crippen MR) is 127 cm³/mol. The highest BCUT2D eigenvalue weighted by atomic mass is 16.8. The van der Waals surface area contributed by atoms with Gasteiger partial charge in [0.15, 0.2) is 18.9 Å². The molecule has 3 heterocycles. The Hall–Kier alpha value is -1.13. The smallest absolute Gasteiger partial charge is 0.217 e. The van der Waals surface area contributed by atoms with Gasteiger partial charge in [-0.15, -0.1) is 0 Å². The van der Waals surface area contributed by atoms with Crippen LogP contribution in [-0.4, -0.2) is 170 Å². The van der Waals surface area contributed by atoms with Crippen LogP contribution in [0.2, 0.25) is 0 Å². The summed E-state index contributed by atoms with van der Waals surface area (Å²) in [6.07, 6.45) is -21.7. The molecule has 17 nitrogen and oxygen atoms in total. The summed E-state index contributed by atoms with van der Waals surface area (Å²) in [4.78, 5) is 11.8. The van der Waals surface area contributed by atoms with Crippen molar-refractivity contribution < 1.29 is 79.2 Å². The van der Waals surface area contributed by atoms with Gasteiger partial charge < -0.3 is 79.7 Å². The predicted octanol–water partition coefficient (Wildman–Crippen LogP) is -5.99. The van der Waals surface area contributed by atoms with Gasteiger partial charge >= 0.3 is 0 Å². The van der Waals surface area contributed by atoms with Crippen LogP contribution in [0.4, 0.5) is 0 Å². The minimum absolute atomic E-state index is 0.217. The van der Waals surface area contributed by atoms with Gasteiger partial charge in [0.2, 0.25) is 5.91 Å². The largest absolute Gasteiger partial charge is 0.394 e. The van der Waals surface area contributed by atoms with Crippen molar-refractivity contribution in [3.8, 4) is 0 Å². The van der Waals surface area contributed by atoms with Gasteiger partial charge in [-0.05, 0) is 6.42 Å². The summed E-state index contributed by atoms with van der Waals surface area (Å²) in [5.41, 5.74) is 0. The Morgan fingerprint density at radius 2 is 1.20 bits per heavy atom. The zero-order valence-electron chi connectivity index (χ0n) is 22.1. The van der Waals surface area contributed by atoms with Crippen LogP contribution >= 0.6 is 0 Å². The Labute approximate surface area is 229 Å². The van der Waals surface area contributed by atoms with E-state index in [0.29, 0.717) is 6.42 Å². The molecule has 0 aromatic carbocycles. The average molecular weight is 588 g/mol. The van der Waals surface area contributed by atoms with Crippen LogP contribution in [0.1, 0.15) is 20.3 Å². The van der Waals surface area contributed by atoms with Crippen LogP contribution in [-0.2, 0) is 33.2 Å². The second kappa shape index (κ2) is 14.9. The fraction of sp³-hybridized carbons (Fsp3) is 0.957. The van der Waals surface area contributed by atoms with Crippen molar-refractivity contribution >= 4 is 5.91 Å². The third kappa shape index (κ3) is 7.25. The number of ether oxygens (including phenoxy) is 6. The molecule has 40 heavy (non-hydrogen) atoms. The van der Waals surface area contributed by atoms with E-state index >= 15 is 0 Å². The molecule has 0 aliphatic carbocycles. The molecule has 3 saturated heterocycles. The number of amides is 1. The molecule has 15 atom stereocenters. The minimum atomic E-state index is -1.88. The van der Waals surface area contributed by atoms with Gasteiger partial charge in [0, 0.05) is 13.5 Å². The third-order valence-electron chi connectivity index (χ3n) is 6.96. The molecule has 0 aromatic heterocycles. The zero-order chi connectivity index (χ0) is 29.7. The van der Waals surface area contributed by atoms with Gasteiger partial charge in [-0.2, -0.15) is 0 Å². The molecule has 0 bridgehead atoms. The Bertz CT molecular complexity index is 792. The van der Waals surface area contributed by atoms with Gasteiger partial charge in [-0.3, -0.25) is 4.79 Å². The molecule has 3 rings (SSSR count). The fourth-order valence-corrected chi connectivity index (χ4v) is 4.82. The lowest BCUT2D eigenvalue weighted by Gasteiger charge is -2.48. The molecule has 0 aromatic rings. The van der Waals surface area contributed by atoms with Crippen LogP contribution < -0.4 is 5.32 Å². The molecule has 3 fully saturated rings. The van der Waals surface area contributed by atoms with Gasteiger partial charge in [-0.1, -0.05) is 6.92 Å². The molecule has 3 aliphatic heterocycles. The fourth-order valence-electron chi connectivity index (χ4n) is 4.82. The Balaban J connectivity index is 1.81. The molecule has 6 unspecified atom stereocenters. The van der Waals surface area contributed by atoms with E-state index in [1.807, 2.05) is 6.92 Å². The normalized spacial score (nSPS) is 46.2. The SMILES string of the molecule is CCCO[C@@H]1OC(CO)[C@@H](O[C@@H]2OC(CO)[C@H](O)[C@H](O[C@H]3OC(CO)[C@H](O)[C@H](O)C3O)C2O)[C@H](O)C1NC(C)=O. The molecule has 3 aliphatic rings. The van der Waals surface area contributed by atoms with E-state index in [1.165, 1.54) is 6.92 Å². The van der Waals surface area contributed by atoms with Crippen LogP contribution in [0, 0.1) is 0 Å². The van der Waals surface area contributed by atoms with Crippen LogP contribution in [0.25, 0.3) is 0 Å². The molecular weight excluding hydrogens is 546 g/mol. The summed E-state index contributed by atoms with van der Waals surface area (Å²) in [5.74, 6) is -0.524. The maximum Gasteiger partial charge on any atom is 0.217 e. The summed E-state index contributed by atoms with van der Waals surface area (Å²) >= 11 is 0. The molecule has 0 spiro atoms. The van der Waals surface area contributed by atoms with Crippen molar-refractivity contribution in [3.63, 3.8) is 0 Å². The highest BCUT2D eigenvalue weighted by Crippen LogP contribution is 2.32. The van der Waals surface area contributed by atoms with Crippen LogP contribution in [0.5, 0.6) is 0 Å². The second-order valence-electron chi connectivity index (χ2n) is 9.92. The number of aliphatic hydroxyl groups is 9. The quantitative estimate of drug-likeness (QED) is 0.108. The Morgan fingerprint density at radius 3 is 1.75 bits per heavy atom. The van der Waals surface area contributed by atoms with Crippen molar-refractivity contribution in [3.05, 3.63) is 0 Å². The van der Waals surface area contributed by atoms with Crippen molar-refractivity contribution in [1.29, 1.82) is 0 Å². The van der Waals surface area contributed by atoms with Gasteiger partial charge in [-0.25, -0.2) is 0 Å². The van der Waals surface area contributed by atoms with Crippen molar-refractivity contribution in [1.82, 2.24) is 5.32 Å². The number of carbonyl (C=O) groups is 1. The maximum absolute atomic E-state index is 11.8. The lowest BCUT2D eigenvalue weighted by molar-refractivity contribution is -0.376. The maximum atomic E-state index is 11.8. The summed E-state index contributed by atoms with van der Waals surface area (Å²) < 4.78 is 33.4. The third-order valence-corrected chi connectivity index (χ3v) is 6.96. The lowest BCUT2D eigenvalue weighted by atomic mass is 9.95. The second-order valence-corrected chi connectivity index (χ2v) is 9.92. The number of aliphatic hydroxyl groups excluding tert-OH is 9. The number of nitrogens with one attached hydrogen (secondary N) is 1. The highest BCUT2D eigenvalue weighted by molar-refractivity contribution is 5.73. The highest BCUT2D eigenvalue weighted by Gasteiger charge is 2.54. The van der Waals surface area contributed by atoms with E-state index in [2.05, 4.69) is 5.32 Å². The summed E-state index contributed by atoms with van der Waals surface area (Å²) in [5, 5.41) is 94.8. The zero-order valence-corrected chi connectivity index (χ0v) is 22.1. The first-order valence-corrected chi connectivity index (χ1v) is 13.1. The van der Waals surface area contributed by atoms with E-state index in [1.54, 1.807) is 0 Å². The molecule has 10 N–H and O–H groups in total. The van der Waals surface area contributed by atoms with Crippen LogP contribution in [0.15, 0.2) is 0 Å². The monoisotopic (exact) mass is 587 g/mol. The summed E-state index contributed by atoms with van der Waals surface area (Å²) in [6.45, 7) is 1.03. The first-order valence-electron chi connectivity index (χ1n) is 13.1. The molecule has 0 saturated carbocycles. The van der Waals surface area contributed by atoms with Crippen molar-refractivity contribution in [2.24, 2.45) is 0 Å². The van der Waals surface area contributed by atoms with E-state index in [0.717, 1.165) is 0 Å². The minimum Gasteiger partial charge on any atom is -0.394 e. The molecule has 17 heteroatoms. The van der Waals surface area contributed by atoms with E-state index in [-0.39, 0.29) is 6.61 Å². The molecule has 234 valence electrons. The van der Waals surface area contributed by atoms with E-state index in [9.17, 15) is 50.8 Å². The summed E-state index contributed by atoms with van der Waals surface area (Å²) in [6, 6.07) is -1.15. The number of rotatable bonds is 11. The topological polar surface area (TPSA) is 267 Å². The first-order chi connectivity index (χ1) is 19.0. The first kappa shape index (κ1) is 33.4. The van der Waals surface area contributed by atoms with Gasteiger partial charge in [0.1, 0.15) is 73.2 Å². The average Bonchev–Trinajstić information content (AvgIpc) is 2.93. The van der Waals surface area contributed by atoms with Gasteiger partial charge in [0.25, 0.3) is 0 Å². The van der Waals surface area contributed by atoms with E-state index < -0.39 is 118 Å². The molecule has 1 amide bonds. The van der Waals surface area contributed by atoms with Gasteiger partial charge in [0.05, 0.1) is 19.8 Å². The van der Waals surface area contributed by atoms with Crippen LogP contribution in [0.3, 0.4) is 0 Å². The molecular formula is C23H41NO16. The number of carbonyl (C=O) groups excluding carboxylic acids is 1. The Morgan fingerprint density at radius 1 is 0.675 bits per heavy atom. The Kier molecular flexibility index (Phi) is 12.4. The van der Waals surface area contributed by atoms with E-state index in [4.69, 9.17) is 28.4 Å².